The number of benzene rings is 1. The summed E-state index contributed by atoms with van der Waals surface area (Å²) in [7, 11) is 0. The van der Waals surface area contributed by atoms with Crippen LogP contribution in [0.15, 0.2) is 30.3 Å². The molecule has 4 heteroatoms. The Morgan fingerprint density at radius 2 is 2.18 bits per heavy atom. The van der Waals surface area contributed by atoms with Crippen LogP contribution in [0.3, 0.4) is 0 Å². The summed E-state index contributed by atoms with van der Waals surface area (Å²) in [5, 5.41) is 0. The molecule has 0 radical (unpaired) electrons. The number of carbonyl (C=O) groups is 1. The topological polar surface area (TPSA) is 44.8 Å². The van der Waals surface area contributed by atoms with Crippen LogP contribution in [-0.4, -0.2) is 25.3 Å². The number of carbonyl (C=O) groups excluding carboxylic acids is 1. The quantitative estimate of drug-likeness (QED) is 0.751. The number of ether oxygens (including phenoxy) is 3. The number of esters is 1. The lowest BCUT2D eigenvalue weighted by molar-refractivity contribution is -0.171. The van der Waals surface area contributed by atoms with Gasteiger partial charge in [0.25, 0.3) is 0 Å². The summed E-state index contributed by atoms with van der Waals surface area (Å²) in [6, 6.07) is 9.72. The Kier molecular flexibility index (Phi) is 3.45. The molecule has 1 heterocycles. The molecule has 2 unspecified atom stereocenters. The van der Waals surface area contributed by atoms with Gasteiger partial charge in [0.05, 0.1) is 6.61 Å². The van der Waals surface area contributed by atoms with Crippen molar-refractivity contribution < 1.29 is 19.0 Å². The number of rotatable bonds is 3. The minimum atomic E-state index is -0.744. The zero-order valence-corrected chi connectivity index (χ0v) is 10.0. The Bertz CT molecular complexity index is 390. The van der Waals surface area contributed by atoms with E-state index in [0.29, 0.717) is 6.61 Å². The molecule has 0 amide bonds. The zero-order chi connectivity index (χ0) is 12.3. The van der Waals surface area contributed by atoms with E-state index in [4.69, 9.17) is 14.2 Å². The van der Waals surface area contributed by atoms with Crippen molar-refractivity contribution in [1.29, 1.82) is 0 Å². The summed E-state index contributed by atoms with van der Waals surface area (Å²) < 4.78 is 16.4. The van der Waals surface area contributed by atoms with Crippen LogP contribution in [0.5, 0.6) is 0 Å². The Morgan fingerprint density at radius 3 is 2.82 bits per heavy atom. The Labute approximate surface area is 100 Å². The second-order valence-electron chi connectivity index (χ2n) is 4.17. The largest absolute Gasteiger partial charge is 0.463 e. The van der Waals surface area contributed by atoms with Gasteiger partial charge in [-0.25, -0.2) is 0 Å². The minimum absolute atomic E-state index is 0.205. The summed E-state index contributed by atoms with van der Waals surface area (Å²) in [6.07, 6.45) is -0.205. The van der Waals surface area contributed by atoms with E-state index in [1.807, 2.05) is 37.3 Å². The second kappa shape index (κ2) is 4.85. The average molecular weight is 236 g/mol. The molecule has 0 spiro atoms. The summed E-state index contributed by atoms with van der Waals surface area (Å²) in [5.74, 6) is -1.05. The van der Waals surface area contributed by atoms with Crippen molar-refractivity contribution in [3.63, 3.8) is 0 Å². The molecule has 0 aliphatic carbocycles. The number of hydrogen-bond acceptors (Lipinski definition) is 4. The highest BCUT2D eigenvalue weighted by molar-refractivity contribution is 5.65. The highest BCUT2D eigenvalue weighted by Gasteiger charge is 2.39. The maximum Gasteiger partial charge on any atom is 0.302 e. The molecular weight excluding hydrogens is 220 g/mol. The van der Waals surface area contributed by atoms with Gasteiger partial charge in [0, 0.05) is 12.5 Å². The van der Waals surface area contributed by atoms with Crippen LogP contribution in [0.1, 0.15) is 19.4 Å². The third-order valence-electron chi connectivity index (χ3n) is 2.71. The fourth-order valence-corrected chi connectivity index (χ4v) is 1.82. The summed E-state index contributed by atoms with van der Waals surface area (Å²) in [4.78, 5) is 10.7. The fraction of sp³-hybridized carbons (Fsp3) is 0.462. The van der Waals surface area contributed by atoms with Crippen molar-refractivity contribution in [1.82, 2.24) is 0 Å². The Morgan fingerprint density at radius 1 is 1.47 bits per heavy atom. The van der Waals surface area contributed by atoms with Crippen LogP contribution in [-0.2, 0) is 24.8 Å². The average Bonchev–Trinajstić information content (AvgIpc) is 2.71. The van der Waals surface area contributed by atoms with E-state index in [1.165, 1.54) is 6.92 Å². The zero-order valence-electron chi connectivity index (χ0n) is 10.0. The summed E-state index contributed by atoms with van der Waals surface area (Å²) >= 11 is 0. The Hall–Kier alpha value is -1.39. The lowest BCUT2D eigenvalue weighted by atomic mass is 10.1. The maximum absolute atomic E-state index is 10.7. The van der Waals surface area contributed by atoms with Gasteiger partial charge < -0.3 is 14.2 Å². The van der Waals surface area contributed by atoms with Gasteiger partial charge >= 0.3 is 5.97 Å². The molecule has 0 N–H and O–H groups in total. The van der Waals surface area contributed by atoms with Gasteiger partial charge in [-0.15, -0.1) is 0 Å². The van der Waals surface area contributed by atoms with Gasteiger partial charge in [-0.2, -0.15) is 0 Å². The molecule has 2 atom stereocenters. The molecular formula is C13H16O4. The van der Waals surface area contributed by atoms with E-state index in [0.717, 1.165) is 5.56 Å². The molecule has 1 aromatic rings. The first kappa shape index (κ1) is 12.1. The normalized spacial score (nSPS) is 28.0. The third-order valence-corrected chi connectivity index (χ3v) is 2.71. The van der Waals surface area contributed by atoms with Crippen LogP contribution < -0.4 is 0 Å². The molecule has 1 aliphatic heterocycles. The van der Waals surface area contributed by atoms with Crippen molar-refractivity contribution in [3.8, 4) is 0 Å². The van der Waals surface area contributed by atoms with Gasteiger partial charge in [-0.1, -0.05) is 30.3 Å². The highest BCUT2D eigenvalue weighted by Crippen LogP contribution is 2.33. The minimum Gasteiger partial charge on any atom is -0.463 e. The Balaban J connectivity index is 1.99. The van der Waals surface area contributed by atoms with Crippen LogP contribution in [0.2, 0.25) is 0 Å². The molecule has 1 fully saturated rings. The molecule has 2 rings (SSSR count). The lowest BCUT2D eigenvalue weighted by Gasteiger charge is -2.23. The van der Waals surface area contributed by atoms with Gasteiger partial charge in [0.1, 0.15) is 12.7 Å². The summed E-state index contributed by atoms with van der Waals surface area (Å²) in [6.45, 7) is 3.92. The first-order valence-corrected chi connectivity index (χ1v) is 5.61. The van der Waals surface area contributed by atoms with Gasteiger partial charge in [0.15, 0.2) is 5.79 Å². The van der Waals surface area contributed by atoms with E-state index in [2.05, 4.69) is 0 Å². The number of hydrogen-bond donors (Lipinski definition) is 0. The lowest BCUT2D eigenvalue weighted by Crippen LogP contribution is -2.26. The third kappa shape index (κ3) is 2.84. The second-order valence-corrected chi connectivity index (χ2v) is 4.17. The van der Waals surface area contributed by atoms with E-state index < -0.39 is 5.79 Å². The van der Waals surface area contributed by atoms with E-state index in [1.54, 1.807) is 0 Å². The van der Waals surface area contributed by atoms with Gasteiger partial charge in [-0.05, 0) is 6.92 Å². The molecule has 92 valence electrons. The smallest absolute Gasteiger partial charge is 0.302 e. The predicted molar refractivity (Wildman–Crippen MR) is 61.3 cm³/mol. The van der Waals surface area contributed by atoms with Crippen LogP contribution >= 0.6 is 0 Å². The molecule has 0 bridgehead atoms. The van der Waals surface area contributed by atoms with Crippen LogP contribution in [0, 0.1) is 0 Å². The monoisotopic (exact) mass is 236 g/mol. The molecule has 0 aromatic heterocycles. The standard InChI is InChI=1S/C13H16O4/c1-10(14)15-8-12-9-16-13(2,17-12)11-6-4-3-5-7-11/h3-7,12H,8-9H2,1-2H3. The predicted octanol–water partition coefficient (Wildman–Crippen LogP) is 1.84. The van der Waals surface area contributed by atoms with Crippen molar-refractivity contribution >= 4 is 5.97 Å². The van der Waals surface area contributed by atoms with Gasteiger partial charge in [0.2, 0.25) is 0 Å². The highest BCUT2D eigenvalue weighted by atomic mass is 16.7. The summed E-state index contributed by atoms with van der Waals surface area (Å²) in [5.41, 5.74) is 0.963. The molecule has 1 aliphatic rings. The van der Waals surface area contributed by atoms with Crippen LogP contribution in [0.4, 0.5) is 0 Å². The van der Waals surface area contributed by atoms with Crippen molar-refractivity contribution in [3.05, 3.63) is 35.9 Å². The van der Waals surface area contributed by atoms with Gasteiger partial charge in [-0.3, -0.25) is 4.79 Å². The molecule has 17 heavy (non-hydrogen) atoms. The molecule has 1 saturated heterocycles. The van der Waals surface area contributed by atoms with E-state index >= 15 is 0 Å². The molecule has 1 aromatic carbocycles. The maximum atomic E-state index is 10.7. The first-order valence-electron chi connectivity index (χ1n) is 5.61. The molecule has 4 nitrogen and oxygen atoms in total. The fourth-order valence-electron chi connectivity index (χ4n) is 1.82. The first-order chi connectivity index (χ1) is 8.10. The SMILES string of the molecule is CC(=O)OCC1COC(C)(c2ccccc2)O1. The van der Waals surface area contributed by atoms with Crippen molar-refractivity contribution in [2.24, 2.45) is 0 Å². The van der Waals surface area contributed by atoms with E-state index in [-0.39, 0.29) is 18.7 Å². The van der Waals surface area contributed by atoms with Crippen LogP contribution in [0.25, 0.3) is 0 Å². The molecule has 0 saturated carbocycles. The van der Waals surface area contributed by atoms with Crippen molar-refractivity contribution in [2.75, 3.05) is 13.2 Å². The van der Waals surface area contributed by atoms with E-state index in [9.17, 15) is 4.79 Å². The van der Waals surface area contributed by atoms with Crippen molar-refractivity contribution in [2.45, 2.75) is 25.7 Å².